The molecule has 0 spiro atoms. The lowest BCUT2D eigenvalue weighted by Crippen LogP contribution is -2.23. The third-order valence-electron chi connectivity index (χ3n) is 2.99. The molecule has 1 aromatic carbocycles. The van der Waals surface area contributed by atoms with Crippen molar-refractivity contribution in [3.63, 3.8) is 0 Å². The Morgan fingerprint density at radius 3 is 2.86 bits per heavy atom. The van der Waals surface area contributed by atoms with Crippen LogP contribution in [0.15, 0.2) is 41.1 Å². The van der Waals surface area contributed by atoms with Gasteiger partial charge in [-0.2, -0.15) is 0 Å². The smallest absolute Gasteiger partial charge is 0.284 e. The quantitative estimate of drug-likeness (QED) is 0.679. The molecule has 0 fully saturated rings. The number of carbonyl (C=O) groups is 1. The second kappa shape index (κ2) is 6.45. The number of hydrogen-bond acceptors (Lipinski definition) is 4. The number of nitrogens with one attached hydrogen (secondary N) is 1. The van der Waals surface area contributed by atoms with Gasteiger partial charge in [-0.25, -0.2) is 0 Å². The van der Waals surface area contributed by atoms with Crippen LogP contribution in [-0.4, -0.2) is 15.8 Å². The molecule has 6 nitrogen and oxygen atoms in total. The van der Waals surface area contributed by atoms with E-state index in [4.69, 9.17) is 0 Å². The fourth-order valence-corrected chi connectivity index (χ4v) is 2.14. The van der Waals surface area contributed by atoms with Crippen LogP contribution in [0.2, 0.25) is 0 Å². The summed E-state index contributed by atoms with van der Waals surface area (Å²) in [5, 5.41) is 13.6. The van der Waals surface area contributed by atoms with Gasteiger partial charge in [-0.05, 0) is 52.2 Å². The molecule has 21 heavy (non-hydrogen) atoms. The van der Waals surface area contributed by atoms with Gasteiger partial charge in [0.2, 0.25) is 0 Å². The Labute approximate surface area is 129 Å². The number of amides is 1. The summed E-state index contributed by atoms with van der Waals surface area (Å²) in [7, 11) is 0. The summed E-state index contributed by atoms with van der Waals surface area (Å²) in [5.41, 5.74) is 2.02. The number of benzene rings is 1. The van der Waals surface area contributed by atoms with Crippen molar-refractivity contribution >= 4 is 27.5 Å². The summed E-state index contributed by atoms with van der Waals surface area (Å²) in [6.45, 7) is 2.25. The van der Waals surface area contributed by atoms with Crippen molar-refractivity contribution in [2.75, 3.05) is 0 Å². The molecule has 1 heterocycles. The van der Waals surface area contributed by atoms with Crippen LogP contribution < -0.4 is 5.32 Å². The van der Waals surface area contributed by atoms with Crippen LogP contribution >= 0.6 is 15.9 Å². The Kier molecular flexibility index (Phi) is 4.64. The number of carbonyl (C=O) groups excluding carboxylic acids is 1. The maximum absolute atomic E-state index is 12.0. The minimum atomic E-state index is -0.536. The molecule has 0 saturated carbocycles. The highest BCUT2D eigenvalue weighted by molar-refractivity contribution is 9.10. The van der Waals surface area contributed by atoms with E-state index < -0.39 is 4.92 Å². The first kappa shape index (κ1) is 15.1. The van der Waals surface area contributed by atoms with Gasteiger partial charge in [-0.1, -0.05) is 0 Å². The van der Waals surface area contributed by atoms with Crippen molar-refractivity contribution in [2.45, 2.75) is 13.5 Å². The number of hydrogen-bond donors (Lipinski definition) is 1. The topological polar surface area (TPSA) is 85.1 Å². The van der Waals surface area contributed by atoms with Crippen LogP contribution in [0.4, 0.5) is 5.69 Å². The average molecular weight is 350 g/mol. The standard InChI is InChI=1S/C14H12BrN3O3/c1-9-4-5-16-7-11(9)8-17-14(19)10-2-3-12(15)13(6-10)18(20)21/h2-7H,8H2,1H3,(H,17,19). The molecule has 1 N–H and O–H groups in total. The number of nitro benzene ring substituents is 1. The SMILES string of the molecule is Cc1ccncc1CNC(=O)c1ccc(Br)c([N+](=O)[O-])c1. The molecule has 0 atom stereocenters. The summed E-state index contributed by atoms with van der Waals surface area (Å²) in [6.07, 6.45) is 3.36. The van der Waals surface area contributed by atoms with E-state index >= 15 is 0 Å². The Morgan fingerprint density at radius 2 is 2.19 bits per heavy atom. The first-order valence-corrected chi connectivity index (χ1v) is 6.90. The fraction of sp³-hybridized carbons (Fsp3) is 0.143. The second-order valence-corrected chi connectivity index (χ2v) is 5.26. The van der Waals surface area contributed by atoms with E-state index in [2.05, 4.69) is 26.2 Å². The predicted molar refractivity (Wildman–Crippen MR) is 80.9 cm³/mol. The van der Waals surface area contributed by atoms with Gasteiger partial charge in [0.15, 0.2) is 0 Å². The highest BCUT2D eigenvalue weighted by Crippen LogP contribution is 2.25. The molecule has 2 rings (SSSR count). The number of nitrogens with zero attached hydrogens (tertiary/aromatic N) is 2. The molecule has 0 aliphatic heterocycles. The zero-order chi connectivity index (χ0) is 15.4. The van der Waals surface area contributed by atoms with Crippen LogP contribution in [0.3, 0.4) is 0 Å². The van der Waals surface area contributed by atoms with Gasteiger partial charge < -0.3 is 5.32 Å². The van der Waals surface area contributed by atoms with E-state index in [9.17, 15) is 14.9 Å². The first-order valence-electron chi connectivity index (χ1n) is 6.10. The lowest BCUT2D eigenvalue weighted by molar-refractivity contribution is -0.385. The van der Waals surface area contributed by atoms with Gasteiger partial charge in [0.1, 0.15) is 0 Å². The summed E-state index contributed by atoms with van der Waals surface area (Å²) in [6, 6.07) is 6.12. The molecule has 0 aliphatic carbocycles. The minimum Gasteiger partial charge on any atom is -0.348 e. The van der Waals surface area contributed by atoms with Crippen molar-refractivity contribution in [1.82, 2.24) is 10.3 Å². The van der Waals surface area contributed by atoms with Crippen LogP contribution in [-0.2, 0) is 6.54 Å². The molecule has 0 saturated heterocycles. The van der Waals surface area contributed by atoms with E-state index in [1.165, 1.54) is 18.2 Å². The van der Waals surface area contributed by atoms with Crippen molar-refractivity contribution in [2.24, 2.45) is 0 Å². The Hall–Kier alpha value is -2.28. The van der Waals surface area contributed by atoms with Crippen LogP contribution in [0.25, 0.3) is 0 Å². The van der Waals surface area contributed by atoms with E-state index in [0.29, 0.717) is 11.0 Å². The molecule has 0 radical (unpaired) electrons. The summed E-state index contributed by atoms with van der Waals surface area (Å²) in [5.74, 6) is -0.367. The summed E-state index contributed by atoms with van der Waals surface area (Å²) in [4.78, 5) is 26.4. The van der Waals surface area contributed by atoms with Crippen LogP contribution in [0, 0.1) is 17.0 Å². The number of pyridine rings is 1. The Morgan fingerprint density at radius 1 is 1.43 bits per heavy atom. The molecular formula is C14H12BrN3O3. The fourth-order valence-electron chi connectivity index (χ4n) is 1.75. The molecule has 7 heteroatoms. The maximum atomic E-state index is 12.0. The van der Waals surface area contributed by atoms with Gasteiger partial charge in [0.25, 0.3) is 11.6 Å². The zero-order valence-corrected chi connectivity index (χ0v) is 12.8. The van der Waals surface area contributed by atoms with Gasteiger partial charge >= 0.3 is 0 Å². The third kappa shape index (κ3) is 3.63. The molecule has 1 aromatic heterocycles. The zero-order valence-electron chi connectivity index (χ0n) is 11.2. The van der Waals surface area contributed by atoms with Crippen molar-refractivity contribution in [3.8, 4) is 0 Å². The molecule has 0 aliphatic rings. The van der Waals surface area contributed by atoms with Crippen LogP contribution in [0.1, 0.15) is 21.5 Å². The van der Waals surface area contributed by atoms with Crippen LogP contribution in [0.5, 0.6) is 0 Å². The van der Waals surface area contributed by atoms with E-state index in [0.717, 1.165) is 11.1 Å². The Balaban J connectivity index is 2.12. The lowest BCUT2D eigenvalue weighted by Gasteiger charge is -2.07. The van der Waals surface area contributed by atoms with E-state index in [1.807, 2.05) is 13.0 Å². The monoisotopic (exact) mass is 349 g/mol. The number of aryl methyl sites for hydroxylation is 1. The predicted octanol–water partition coefficient (Wildman–Crippen LogP) is 2.99. The van der Waals surface area contributed by atoms with Gasteiger partial charge in [0.05, 0.1) is 9.40 Å². The first-order chi connectivity index (χ1) is 9.99. The average Bonchev–Trinajstić information content (AvgIpc) is 2.46. The Bertz CT molecular complexity index is 704. The number of aromatic nitrogens is 1. The molecule has 108 valence electrons. The molecule has 2 aromatic rings. The summed E-state index contributed by atoms with van der Waals surface area (Å²) >= 11 is 3.08. The molecule has 1 amide bonds. The summed E-state index contributed by atoms with van der Waals surface area (Å²) < 4.78 is 0.340. The molecule has 0 bridgehead atoms. The van der Waals surface area contributed by atoms with Crippen molar-refractivity contribution in [1.29, 1.82) is 0 Å². The normalized spacial score (nSPS) is 10.2. The number of halogens is 1. The van der Waals surface area contributed by atoms with Crippen molar-refractivity contribution < 1.29 is 9.72 Å². The maximum Gasteiger partial charge on any atom is 0.284 e. The van der Waals surface area contributed by atoms with E-state index in [1.54, 1.807) is 12.4 Å². The number of nitro groups is 1. The molecular weight excluding hydrogens is 338 g/mol. The largest absolute Gasteiger partial charge is 0.348 e. The van der Waals surface area contributed by atoms with Gasteiger partial charge in [-0.3, -0.25) is 19.9 Å². The highest BCUT2D eigenvalue weighted by Gasteiger charge is 2.15. The third-order valence-corrected chi connectivity index (χ3v) is 3.66. The van der Waals surface area contributed by atoms with Crippen molar-refractivity contribution in [3.05, 3.63) is 67.9 Å². The van der Waals surface area contributed by atoms with Gasteiger partial charge in [0, 0.05) is 30.6 Å². The molecule has 0 unspecified atom stereocenters. The van der Waals surface area contributed by atoms with Gasteiger partial charge in [-0.15, -0.1) is 0 Å². The highest BCUT2D eigenvalue weighted by atomic mass is 79.9. The number of rotatable bonds is 4. The minimum absolute atomic E-state index is 0.139. The lowest BCUT2D eigenvalue weighted by atomic mass is 10.1. The second-order valence-electron chi connectivity index (χ2n) is 4.41. The van der Waals surface area contributed by atoms with E-state index in [-0.39, 0.29) is 17.2 Å².